The summed E-state index contributed by atoms with van der Waals surface area (Å²) in [6.45, 7) is 3.45. The highest BCUT2D eigenvalue weighted by Crippen LogP contribution is 1.98. The third kappa shape index (κ3) is 7.32. The number of hydrogen-bond acceptors (Lipinski definition) is 2. The molecular weight excluding hydrogens is 209 g/mol. The lowest BCUT2D eigenvalue weighted by Gasteiger charge is -2.16. The Labute approximate surface area is 90.2 Å². The maximum atomic E-state index is 5.64. The Hall–Kier alpha value is 0.240. The van der Waals surface area contributed by atoms with Crippen LogP contribution in [0.3, 0.4) is 0 Å². The van der Waals surface area contributed by atoms with E-state index >= 15 is 0 Å². The smallest absolute Gasteiger partial charge is 0.0616 e. The first kappa shape index (κ1) is 13.2. The lowest BCUT2D eigenvalue weighted by atomic mass is 10.2. The second-order valence-corrected chi connectivity index (χ2v) is 3.56. The molecule has 0 aliphatic heterocycles. The molecule has 2 nitrogen and oxygen atoms in total. The molecule has 1 N–H and O–H groups in total. The van der Waals surface area contributed by atoms with Crippen LogP contribution >= 0.6 is 23.2 Å². The fourth-order valence-electron chi connectivity index (χ4n) is 0.921. The highest BCUT2D eigenvalue weighted by molar-refractivity contribution is 6.25. The molecular formula is C9H17Cl2NO. The summed E-state index contributed by atoms with van der Waals surface area (Å²) in [6, 6.07) is 0.314. The molecule has 0 fully saturated rings. The SMILES string of the molecule is COCC(CCCl)NCC(C)=CCl. The summed E-state index contributed by atoms with van der Waals surface area (Å²) in [5.41, 5.74) is 2.69. The highest BCUT2D eigenvalue weighted by Gasteiger charge is 2.06. The van der Waals surface area contributed by atoms with Crippen LogP contribution in [0.15, 0.2) is 11.1 Å². The van der Waals surface area contributed by atoms with Crippen LogP contribution in [-0.2, 0) is 4.74 Å². The first-order valence-corrected chi connectivity index (χ1v) is 5.25. The second kappa shape index (κ2) is 8.82. The highest BCUT2D eigenvalue weighted by atomic mass is 35.5. The minimum atomic E-state index is 0.314. The number of methoxy groups -OCH3 is 1. The topological polar surface area (TPSA) is 21.3 Å². The fourth-order valence-corrected chi connectivity index (χ4v) is 1.26. The molecule has 0 heterocycles. The van der Waals surface area contributed by atoms with Gasteiger partial charge in [-0.3, -0.25) is 0 Å². The van der Waals surface area contributed by atoms with Crippen molar-refractivity contribution in [2.24, 2.45) is 0 Å². The molecule has 1 atom stereocenters. The van der Waals surface area contributed by atoms with Crippen LogP contribution in [0.2, 0.25) is 0 Å². The summed E-state index contributed by atoms with van der Waals surface area (Å²) < 4.78 is 5.05. The van der Waals surface area contributed by atoms with Crippen LogP contribution in [0, 0.1) is 0 Å². The minimum Gasteiger partial charge on any atom is -0.383 e. The van der Waals surface area contributed by atoms with Crippen molar-refractivity contribution in [2.45, 2.75) is 19.4 Å². The van der Waals surface area contributed by atoms with Gasteiger partial charge in [-0.2, -0.15) is 0 Å². The Morgan fingerprint density at radius 3 is 2.77 bits per heavy atom. The Morgan fingerprint density at radius 1 is 1.62 bits per heavy atom. The van der Waals surface area contributed by atoms with Gasteiger partial charge in [0.25, 0.3) is 0 Å². The molecule has 0 aromatic rings. The average Bonchev–Trinajstić information content (AvgIpc) is 2.14. The zero-order chi connectivity index (χ0) is 10.1. The molecule has 0 bridgehead atoms. The van der Waals surface area contributed by atoms with Crippen LogP contribution in [0.5, 0.6) is 0 Å². The molecule has 0 aliphatic rings. The van der Waals surface area contributed by atoms with E-state index in [4.69, 9.17) is 27.9 Å². The van der Waals surface area contributed by atoms with Crippen molar-refractivity contribution in [1.29, 1.82) is 0 Å². The Balaban J connectivity index is 3.67. The van der Waals surface area contributed by atoms with Crippen LogP contribution in [0.4, 0.5) is 0 Å². The standard InChI is InChI=1S/C9H17Cl2NO/c1-8(5-11)6-12-9(3-4-10)7-13-2/h5,9,12H,3-4,6-7H2,1-2H3. The molecule has 0 saturated heterocycles. The Kier molecular flexibility index (Phi) is 8.98. The maximum absolute atomic E-state index is 5.64. The lowest BCUT2D eigenvalue weighted by molar-refractivity contribution is 0.166. The Morgan fingerprint density at radius 2 is 2.31 bits per heavy atom. The van der Waals surface area contributed by atoms with Gasteiger partial charge in [-0.05, 0) is 18.9 Å². The summed E-state index contributed by atoms with van der Waals surface area (Å²) >= 11 is 11.2. The van der Waals surface area contributed by atoms with Crippen LogP contribution in [-0.4, -0.2) is 32.2 Å². The van der Waals surface area contributed by atoms with Crippen LogP contribution in [0.1, 0.15) is 13.3 Å². The van der Waals surface area contributed by atoms with E-state index in [0.717, 1.165) is 18.5 Å². The van der Waals surface area contributed by atoms with Gasteiger partial charge in [0, 0.05) is 31.1 Å². The zero-order valence-electron chi connectivity index (χ0n) is 8.15. The molecule has 0 rings (SSSR count). The van der Waals surface area contributed by atoms with Crippen molar-refractivity contribution in [1.82, 2.24) is 5.32 Å². The van der Waals surface area contributed by atoms with E-state index < -0.39 is 0 Å². The van der Waals surface area contributed by atoms with E-state index in [1.165, 1.54) is 0 Å². The molecule has 0 radical (unpaired) electrons. The van der Waals surface area contributed by atoms with Gasteiger partial charge in [0.1, 0.15) is 0 Å². The Bertz CT molecular complexity index is 145. The van der Waals surface area contributed by atoms with Gasteiger partial charge < -0.3 is 10.1 Å². The molecule has 13 heavy (non-hydrogen) atoms. The summed E-state index contributed by atoms with van der Waals surface area (Å²) in [5.74, 6) is 0.644. The molecule has 78 valence electrons. The van der Waals surface area contributed by atoms with Gasteiger partial charge in [0.2, 0.25) is 0 Å². The largest absolute Gasteiger partial charge is 0.383 e. The summed E-state index contributed by atoms with van der Waals surface area (Å²) in [7, 11) is 1.69. The normalized spacial score (nSPS) is 14.6. The van der Waals surface area contributed by atoms with Crippen LogP contribution in [0.25, 0.3) is 0 Å². The number of halogens is 2. The molecule has 0 aliphatic carbocycles. The minimum absolute atomic E-state index is 0.314. The molecule has 1 unspecified atom stereocenters. The molecule has 0 aromatic heterocycles. The van der Waals surface area contributed by atoms with Gasteiger partial charge in [-0.25, -0.2) is 0 Å². The lowest BCUT2D eigenvalue weighted by Crippen LogP contribution is -2.34. The number of rotatable bonds is 7. The van der Waals surface area contributed by atoms with Crippen molar-refractivity contribution in [3.8, 4) is 0 Å². The monoisotopic (exact) mass is 225 g/mol. The maximum Gasteiger partial charge on any atom is 0.0616 e. The van der Waals surface area contributed by atoms with Crippen molar-refractivity contribution in [3.63, 3.8) is 0 Å². The van der Waals surface area contributed by atoms with Gasteiger partial charge in [0.15, 0.2) is 0 Å². The molecule has 0 saturated carbocycles. The molecule has 4 heteroatoms. The molecule has 0 aromatic carbocycles. The summed E-state index contributed by atoms with van der Waals surface area (Å²) in [4.78, 5) is 0. The van der Waals surface area contributed by atoms with Crippen molar-refractivity contribution in [3.05, 3.63) is 11.1 Å². The number of nitrogens with one attached hydrogen (secondary N) is 1. The molecule has 0 amide bonds. The van der Waals surface area contributed by atoms with E-state index in [-0.39, 0.29) is 0 Å². The fraction of sp³-hybridized carbons (Fsp3) is 0.778. The van der Waals surface area contributed by atoms with E-state index in [0.29, 0.717) is 18.5 Å². The zero-order valence-corrected chi connectivity index (χ0v) is 9.66. The van der Waals surface area contributed by atoms with Crippen molar-refractivity contribution < 1.29 is 4.74 Å². The van der Waals surface area contributed by atoms with E-state index in [1.54, 1.807) is 12.6 Å². The van der Waals surface area contributed by atoms with Crippen molar-refractivity contribution >= 4 is 23.2 Å². The van der Waals surface area contributed by atoms with Crippen molar-refractivity contribution in [2.75, 3.05) is 26.1 Å². The number of alkyl halides is 1. The first-order valence-electron chi connectivity index (χ1n) is 4.28. The average molecular weight is 226 g/mol. The number of ether oxygens (including phenoxy) is 1. The third-order valence-electron chi connectivity index (χ3n) is 1.68. The molecule has 0 spiro atoms. The van der Waals surface area contributed by atoms with E-state index in [2.05, 4.69) is 5.32 Å². The van der Waals surface area contributed by atoms with Gasteiger partial charge in [-0.15, -0.1) is 11.6 Å². The van der Waals surface area contributed by atoms with E-state index in [9.17, 15) is 0 Å². The summed E-state index contributed by atoms with van der Waals surface area (Å²) in [5, 5.41) is 3.31. The quantitative estimate of drug-likeness (QED) is 0.673. The van der Waals surface area contributed by atoms with Gasteiger partial charge in [-0.1, -0.05) is 11.6 Å². The second-order valence-electron chi connectivity index (χ2n) is 2.97. The predicted octanol–water partition coefficient (Wildman–Crippen LogP) is 2.36. The van der Waals surface area contributed by atoms with Crippen LogP contribution < -0.4 is 5.32 Å². The van der Waals surface area contributed by atoms with E-state index in [1.807, 2.05) is 6.92 Å². The summed E-state index contributed by atoms with van der Waals surface area (Å²) in [6.07, 6.45) is 0.908. The van der Waals surface area contributed by atoms with Gasteiger partial charge in [0.05, 0.1) is 6.61 Å². The van der Waals surface area contributed by atoms with Gasteiger partial charge >= 0.3 is 0 Å². The first-order chi connectivity index (χ1) is 6.24. The predicted molar refractivity (Wildman–Crippen MR) is 58.6 cm³/mol. The third-order valence-corrected chi connectivity index (χ3v) is 2.27. The number of hydrogen-bond donors (Lipinski definition) is 1.